The second-order valence-electron chi connectivity index (χ2n) is 10.6. The maximum Gasteiger partial charge on any atom is 0.320 e. The van der Waals surface area contributed by atoms with Crippen LogP contribution in [0.25, 0.3) is 11.1 Å². The molecule has 0 bridgehead atoms. The Balaban J connectivity index is 2.04. The highest BCUT2D eigenvalue weighted by molar-refractivity contribution is 5.74. The summed E-state index contributed by atoms with van der Waals surface area (Å²) in [7, 11) is 0. The van der Waals surface area contributed by atoms with E-state index in [2.05, 4.69) is 37.5 Å². The van der Waals surface area contributed by atoms with E-state index in [-0.39, 0.29) is 25.2 Å². The van der Waals surface area contributed by atoms with Crippen molar-refractivity contribution in [2.24, 2.45) is 0 Å². The lowest BCUT2D eigenvalue weighted by Crippen LogP contribution is -2.32. The van der Waals surface area contributed by atoms with Crippen molar-refractivity contribution < 1.29 is 19.1 Å². The van der Waals surface area contributed by atoms with Gasteiger partial charge in [-0.05, 0) is 74.1 Å². The molecule has 0 heterocycles. The molecular weight excluding hydrogens is 500 g/mol. The Bertz CT molecular complexity index is 898. The zero-order valence-electron chi connectivity index (χ0n) is 25.5. The Morgan fingerprint density at radius 2 is 0.875 bits per heavy atom. The highest BCUT2D eigenvalue weighted by atomic mass is 16.5. The molecule has 0 aromatic heterocycles. The summed E-state index contributed by atoms with van der Waals surface area (Å²) in [5.41, 5.74) is 3.86. The quantitative estimate of drug-likeness (QED) is 0.152. The molecule has 0 saturated carbocycles. The third-order valence-electron chi connectivity index (χ3n) is 7.12. The van der Waals surface area contributed by atoms with Gasteiger partial charge in [0, 0.05) is 0 Å². The fourth-order valence-corrected chi connectivity index (χ4v) is 4.66. The summed E-state index contributed by atoms with van der Waals surface area (Å²) in [6, 6.07) is 16.0. The second kappa shape index (κ2) is 20.2. The first kappa shape index (κ1) is 33.5. The van der Waals surface area contributed by atoms with Crippen LogP contribution >= 0.6 is 0 Å². The van der Waals surface area contributed by atoms with E-state index in [4.69, 9.17) is 9.47 Å². The van der Waals surface area contributed by atoms with Crippen LogP contribution in [0.15, 0.2) is 48.5 Å². The average Bonchev–Trinajstić information content (AvgIpc) is 2.98. The van der Waals surface area contributed by atoms with Gasteiger partial charge < -0.3 is 9.47 Å². The Hall–Kier alpha value is -2.70. The number of carbonyl (C=O) groups excluding carboxylic acids is 2. The first-order valence-electron chi connectivity index (χ1n) is 15.4. The van der Waals surface area contributed by atoms with E-state index in [0.717, 1.165) is 99.8 Å². The molecule has 2 aromatic carbocycles. The number of benzene rings is 2. The first-order valence-corrected chi connectivity index (χ1v) is 15.4. The van der Waals surface area contributed by atoms with Gasteiger partial charge in [0.2, 0.25) is 0 Å². The molecule has 6 heteroatoms. The van der Waals surface area contributed by atoms with Gasteiger partial charge >= 0.3 is 11.9 Å². The van der Waals surface area contributed by atoms with E-state index in [1.807, 2.05) is 48.5 Å². The molecule has 0 aliphatic carbocycles. The van der Waals surface area contributed by atoms with Crippen molar-refractivity contribution in [3.63, 3.8) is 0 Å². The van der Waals surface area contributed by atoms with Crippen molar-refractivity contribution in [3.8, 4) is 11.1 Å². The Morgan fingerprint density at radius 3 is 1.20 bits per heavy atom. The minimum atomic E-state index is -0.195. The van der Waals surface area contributed by atoms with E-state index in [0.29, 0.717) is 13.1 Å². The van der Waals surface area contributed by atoms with Gasteiger partial charge in [0.15, 0.2) is 0 Å². The highest BCUT2D eigenvalue weighted by Gasteiger charge is 2.16. The lowest BCUT2D eigenvalue weighted by molar-refractivity contribution is -0.147. The van der Waals surface area contributed by atoms with Crippen LogP contribution in [0.3, 0.4) is 0 Å². The first-order chi connectivity index (χ1) is 19.5. The predicted octanol–water partition coefficient (Wildman–Crippen LogP) is 7.24. The SMILES string of the molecule is CCCCN(CCCC)CC(=O)OCc1ccccc1-c1ccccc1COC(=O)CN(CCCC)CCCC. The van der Waals surface area contributed by atoms with Crippen LogP contribution in [0, 0.1) is 0 Å². The molecule has 0 N–H and O–H groups in total. The topological polar surface area (TPSA) is 59.1 Å². The Kier molecular flexibility index (Phi) is 16.9. The van der Waals surface area contributed by atoms with Crippen LogP contribution in [0.1, 0.15) is 90.2 Å². The van der Waals surface area contributed by atoms with Gasteiger partial charge in [-0.15, -0.1) is 0 Å². The van der Waals surface area contributed by atoms with Crippen molar-refractivity contribution in [1.82, 2.24) is 9.80 Å². The molecule has 0 saturated heterocycles. The van der Waals surface area contributed by atoms with Crippen LogP contribution in [-0.4, -0.2) is 61.0 Å². The highest BCUT2D eigenvalue weighted by Crippen LogP contribution is 2.28. The van der Waals surface area contributed by atoms with Gasteiger partial charge in [0.25, 0.3) is 0 Å². The lowest BCUT2D eigenvalue weighted by Gasteiger charge is -2.21. The molecule has 0 radical (unpaired) electrons. The molecule has 0 atom stereocenters. The summed E-state index contributed by atoms with van der Waals surface area (Å²) in [5, 5.41) is 0. The molecule has 40 heavy (non-hydrogen) atoms. The van der Waals surface area contributed by atoms with Gasteiger partial charge in [-0.25, -0.2) is 0 Å². The molecule has 0 unspecified atom stereocenters. The number of hydrogen-bond acceptors (Lipinski definition) is 6. The molecule has 0 amide bonds. The Morgan fingerprint density at radius 1 is 0.550 bits per heavy atom. The van der Waals surface area contributed by atoms with Gasteiger partial charge in [0.05, 0.1) is 13.1 Å². The number of carbonyl (C=O) groups is 2. The average molecular weight is 553 g/mol. The fourth-order valence-electron chi connectivity index (χ4n) is 4.66. The smallest absolute Gasteiger partial charge is 0.320 e. The molecule has 6 nitrogen and oxygen atoms in total. The Labute approximate surface area is 243 Å². The number of esters is 2. The standard InChI is InChI=1S/C34H52N2O4/c1-5-9-21-35(22-10-6-2)25-33(37)39-27-29-17-13-15-19-31(29)32-20-16-14-18-30(32)28-40-34(38)26-36(23-11-7-3)24-12-8-4/h13-20H,5-12,21-28H2,1-4H3. The van der Waals surface area contributed by atoms with Gasteiger partial charge in [-0.2, -0.15) is 0 Å². The van der Waals surface area contributed by atoms with E-state index in [1.165, 1.54) is 0 Å². The molecule has 0 aliphatic heterocycles. The largest absolute Gasteiger partial charge is 0.460 e. The lowest BCUT2D eigenvalue weighted by atomic mass is 9.96. The van der Waals surface area contributed by atoms with E-state index < -0.39 is 0 Å². The van der Waals surface area contributed by atoms with Crippen molar-refractivity contribution in [3.05, 3.63) is 59.7 Å². The fraction of sp³-hybridized carbons (Fsp3) is 0.588. The van der Waals surface area contributed by atoms with Crippen LogP contribution in [0.5, 0.6) is 0 Å². The van der Waals surface area contributed by atoms with Crippen LogP contribution in [-0.2, 0) is 32.3 Å². The third kappa shape index (κ3) is 12.6. The number of ether oxygens (including phenoxy) is 2. The van der Waals surface area contributed by atoms with Crippen LogP contribution in [0.4, 0.5) is 0 Å². The minimum absolute atomic E-state index is 0.195. The van der Waals surface area contributed by atoms with Gasteiger partial charge in [-0.1, -0.05) is 102 Å². The summed E-state index contributed by atoms with van der Waals surface area (Å²) < 4.78 is 11.5. The van der Waals surface area contributed by atoms with E-state index in [1.54, 1.807) is 0 Å². The molecule has 0 aliphatic rings. The molecule has 0 spiro atoms. The van der Waals surface area contributed by atoms with Crippen LogP contribution in [0.2, 0.25) is 0 Å². The molecule has 0 fully saturated rings. The number of unbranched alkanes of at least 4 members (excludes halogenated alkanes) is 4. The predicted molar refractivity (Wildman–Crippen MR) is 164 cm³/mol. The second-order valence-corrected chi connectivity index (χ2v) is 10.6. The van der Waals surface area contributed by atoms with E-state index >= 15 is 0 Å². The zero-order chi connectivity index (χ0) is 29.0. The molecule has 2 rings (SSSR count). The molecule has 2 aromatic rings. The third-order valence-corrected chi connectivity index (χ3v) is 7.12. The van der Waals surface area contributed by atoms with Crippen molar-refractivity contribution >= 4 is 11.9 Å². The summed E-state index contributed by atoms with van der Waals surface area (Å²) in [4.78, 5) is 29.9. The summed E-state index contributed by atoms with van der Waals surface area (Å²) in [6.45, 7) is 13.4. The zero-order valence-corrected chi connectivity index (χ0v) is 25.5. The minimum Gasteiger partial charge on any atom is -0.460 e. The van der Waals surface area contributed by atoms with Gasteiger partial charge in [0.1, 0.15) is 13.2 Å². The normalized spacial score (nSPS) is 11.2. The number of rotatable bonds is 21. The monoisotopic (exact) mass is 552 g/mol. The van der Waals surface area contributed by atoms with Crippen molar-refractivity contribution in [2.75, 3.05) is 39.3 Å². The summed E-state index contributed by atoms with van der Waals surface area (Å²) >= 11 is 0. The maximum atomic E-state index is 12.7. The van der Waals surface area contributed by atoms with Crippen LogP contribution < -0.4 is 0 Å². The molecular formula is C34H52N2O4. The van der Waals surface area contributed by atoms with Gasteiger partial charge in [-0.3, -0.25) is 19.4 Å². The number of nitrogens with zero attached hydrogens (tertiary/aromatic N) is 2. The number of hydrogen-bond donors (Lipinski definition) is 0. The van der Waals surface area contributed by atoms with Crippen molar-refractivity contribution in [2.45, 2.75) is 92.3 Å². The summed E-state index contributed by atoms with van der Waals surface area (Å²) in [6.07, 6.45) is 8.75. The van der Waals surface area contributed by atoms with E-state index in [9.17, 15) is 9.59 Å². The molecule has 222 valence electrons. The van der Waals surface area contributed by atoms with Crippen molar-refractivity contribution in [1.29, 1.82) is 0 Å². The maximum absolute atomic E-state index is 12.7. The summed E-state index contributed by atoms with van der Waals surface area (Å²) in [5.74, 6) is -0.389.